The number of hydrogen-bond acceptors (Lipinski definition) is 3. The highest BCUT2D eigenvalue weighted by molar-refractivity contribution is 7.92. The van der Waals surface area contributed by atoms with Crippen molar-refractivity contribution in [2.75, 3.05) is 36.7 Å². The lowest BCUT2D eigenvalue weighted by atomic mass is 10.1. The normalized spacial score (nSPS) is 17.1. The molecule has 1 aromatic carbocycles. The molecule has 0 bridgehead atoms. The lowest BCUT2D eigenvalue weighted by Gasteiger charge is -2.27. The molecule has 0 radical (unpaired) electrons. The summed E-state index contributed by atoms with van der Waals surface area (Å²) in [6.45, 7) is 4.70. The van der Waals surface area contributed by atoms with Gasteiger partial charge in [0.25, 0.3) is 0 Å². The number of anilines is 1. The van der Waals surface area contributed by atoms with Gasteiger partial charge in [-0.05, 0) is 45.0 Å². The second-order valence-corrected chi connectivity index (χ2v) is 7.64. The van der Waals surface area contributed by atoms with Crippen molar-refractivity contribution in [2.45, 2.75) is 26.2 Å². The van der Waals surface area contributed by atoms with E-state index in [1.54, 1.807) is 7.05 Å². The maximum absolute atomic E-state index is 12.4. The second-order valence-electron chi connectivity index (χ2n) is 5.52. The summed E-state index contributed by atoms with van der Waals surface area (Å²) >= 11 is 0. The molecule has 0 atom stereocenters. The summed E-state index contributed by atoms with van der Waals surface area (Å²) in [5.41, 5.74) is 1.86. The van der Waals surface area contributed by atoms with Gasteiger partial charge < -0.3 is 4.90 Å². The van der Waals surface area contributed by atoms with E-state index in [1.165, 1.54) is 23.6 Å². The summed E-state index contributed by atoms with van der Waals surface area (Å²) < 4.78 is 26.1. The fourth-order valence-electron chi connectivity index (χ4n) is 2.48. The number of likely N-dealkylation sites (tertiary alicyclic amines) is 1. The first kappa shape index (κ1) is 15.3. The van der Waals surface area contributed by atoms with Crippen LogP contribution in [0.1, 0.15) is 24.8 Å². The standard InChI is InChI=1S/C15H24N2O2S/c1-14-6-8-15(9-7-14)16(2)20(18,19)13-12-17-10-4-3-5-11-17/h6-9H,3-5,10-13H2,1-2H3. The van der Waals surface area contributed by atoms with Gasteiger partial charge in [0.2, 0.25) is 10.0 Å². The van der Waals surface area contributed by atoms with Gasteiger partial charge in [0, 0.05) is 13.6 Å². The highest BCUT2D eigenvalue weighted by atomic mass is 32.2. The van der Waals surface area contributed by atoms with Crippen LogP contribution in [0, 0.1) is 6.92 Å². The summed E-state index contributed by atoms with van der Waals surface area (Å²) in [4.78, 5) is 2.25. The van der Waals surface area contributed by atoms with Gasteiger partial charge in [0.15, 0.2) is 0 Å². The van der Waals surface area contributed by atoms with Crippen molar-refractivity contribution in [2.24, 2.45) is 0 Å². The Bertz CT molecular complexity index is 519. The highest BCUT2D eigenvalue weighted by Gasteiger charge is 2.20. The van der Waals surface area contributed by atoms with Crippen LogP contribution in [-0.4, -0.2) is 45.8 Å². The van der Waals surface area contributed by atoms with E-state index in [4.69, 9.17) is 0 Å². The Labute approximate surface area is 122 Å². The van der Waals surface area contributed by atoms with Gasteiger partial charge in [0.1, 0.15) is 0 Å². The van der Waals surface area contributed by atoms with Crippen LogP contribution < -0.4 is 4.31 Å². The maximum atomic E-state index is 12.4. The van der Waals surface area contributed by atoms with E-state index >= 15 is 0 Å². The zero-order valence-corrected chi connectivity index (χ0v) is 13.2. The monoisotopic (exact) mass is 296 g/mol. The van der Waals surface area contributed by atoms with Gasteiger partial charge >= 0.3 is 0 Å². The predicted octanol–water partition coefficient (Wildman–Crippen LogP) is 2.25. The molecule has 1 saturated heterocycles. The highest BCUT2D eigenvalue weighted by Crippen LogP contribution is 2.17. The molecule has 0 aliphatic carbocycles. The molecular formula is C15H24N2O2S. The Morgan fingerprint density at radius 1 is 1.10 bits per heavy atom. The lowest BCUT2D eigenvalue weighted by molar-refractivity contribution is 0.241. The Balaban J connectivity index is 1.96. The molecule has 2 rings (SSSR count). The van der Waals surface area contributed by atoms with Crippen LogP contribution in [0.4, 0.5) is 5.69 Å². The number of hydrogen-bond donors (Lipinski definition) is 0. The van der Waals surface area contributed by atoms with Gasteiger partial charge in [-0.15, -0.1) is 0 Å². The number of piperidine rings is 1. The maximum Gasteiger partial charge on any atom is 0.236 e. The van der Waals surface area contributed by atoms with Crippen LogP contribution in [0.25, 0.3) is 0 Å². The molecule has 1 aliphatic rings. The number of rotatable bonds is 5. The van der Waals surface area contributed by atoms with E-state index in [-0.39, 0.29) is 5.75 Å². The van der Waals surface area contributed by atoms with Crippen molar-refractivity contribution in [3.63, 3.8) is 0 Å². The largest absolute Gasteiger partial charge is 0.302 e. The lowest BCUT2D eigenvalue weighted by Crippen LogP contribution is -2.38. The average molecular weight is 296 g/mol. The molecular weight excluding hydrogens is 272 g/mol. The molecule has 4 nitrogen and oxygen atoms in total. The Morgan fingerprint density at radius 2 is 1.70 bits per heavy atom. The van der Waals surface area contributed by atoms with Gasteiger partial charge in [-0.3, -0.25) is 4.31 Å². The summed E-state index contributed by atoms with van der Waals surface area (Å²) in [6.07, 6.45) is 3.65. The molecule has 1 heterocycles. The number of sulfonamides is 1. The summed E-state index contributed by atoms with van der Waals surface area (Å²) in [5, 5.41) is 0. The summed E-state index contributed by atoms with van der Waals surface area (Å²) in [6, 6.07) is 7.58. The smallest absolute Gasteiger partial charge is 0.236 e. The van der Waals surface area contributed by atoms with E-state index in [0.717, 1.165) is 24.3 Å². The van der Waals surface area contributed by atoms with Crippen molar-refractivity contribution in [1.29, 1.82) is 0 Å². The van der Waals surface area contributed by atoms with Crippen LogP contribution in [0.15, 0.2) is 24.3 Å². The molecule has 1 aliphatic heterocycles. The fraction of sp³-hybridized carbons (Fsp3) is 0.600. The van der Waals surface area contributed by atoms with Crippen LogP contribution in [0.5, 0.6) is 0 Å². The SMILES string of the molecule is Cc1ccc(N(C)S(=O)(=O)CCN2CCCCC2)cc1. The van der Waals surface area contributed by atoms with E-state index < -0.39 is 10.0 Å². The molecule has 0 amide bonds. The third kappa shape index (κ3) is 3.96. The quantitative estimate of drug-likeness (QED) is 0.837. The first-order valence-electron chi connectivity index (χ1n) is 7.25. The van der Waals surface area contributed by atoms with Gasteiger partial charge in [-0.2, -0.15) is 0 Å². The zero-order chi connectivity index (χ0) is 14.6. The van der Waals surface area contributed by atoms with E-state index in [2.05, 4.69) is 4.90 Å². The number of nitrogens with zero attached hydrogens (tertiary/aromatic N) is 2. The van der Waals surface area contributed by atoms with Crippen LogP contribution in [0.3, 0.4) is 0 Å². The van der Waals surface area contributed by atoms with E-state index in [9.17, 15) is 8.42 Å². The van der Waals surface area contributed by atoms with Crippen molar-refractivity contribution in [3.05, 3.63) is 29.8 Å². The van der Waals surface area contributed by atoms with Gasteiger partial charge in [-0.25, -0.2) is 8.42 Å². The third-order valence-electron chi connectivity index (χ3n) is 3.93. The number of benzene rings is 1. The number of aryl methyl sites for hydroxylation is 1. The van der Waals surface area contributed by atoms with E-state index in [1.807, 2.05) is 31.2 Å². The first-order chi connectivity index (χ1) is 9.49. The Kier molecular flexibility index (Phi) is 5.05. The molecule has 112 valence electrons. The summed E-state index contributed by atoms with van der Waals surface area (Å²) in [7, 11) is -1.60. The first-order valence-corrected chi connectivity index (χ1v) is 8.85. The minimum atomic E-state index is -3.23. The predicted molar refractivity (Wildman–Crippen MR) is 83.7 cm³/mol. The van der Waals surface area contributed by atoms with Gasteiger partial charge in [-0.1, -0.05) is 24.1 Å². The molecule has 0 aromatic heterocycles. The van der Waals surface area contributed by atoms with Crippen LogP contribution in [0.2, 0.25) is 0 Å². The molecule has 1 aromatic rings. The van der Waals surface area contributed by atoms with Crippen LogP contribution >= 0.6 is 0 Å². The minimum absolute atomic E-state index is 0.192. The van der Waals surface area contributed by atoms with Crippen molar-refractivity contribution in [3.8, 4) is 0 Å². The molecule has 5 heteroatoms. The fourth-order valence-corrected chi connectivity index (χ4v) is 3.69. The summed E-state index contributed by atoms with van der Waals surface area (Å²) in [5.74, 6) is 0.192. The topological polar surface area (TPSA) is 40.6 Å². The Hall–Kier alpha value is -1.07. The molecule has 0 spiro atoms. The van der Waals surface area contributed by atoms with E-state index in [0.29, 0.717) is 6.54 Å². The Morgan fingerprint density at radius 3 is 2.30 bits per heavy atom. The van der Waals surface area contributed by atoms with Crippen LogP contribution in [-0.2, 0) is 10.0 Å². The van der Waals surface area contributed by atoms with Gasteiger partial charge in [0.05, 0.1) is 11.4 Å². The zero-order valence-electron chi connectivity index (χ0n) is 12.4. The molecule has 1 fully saturated rings. The molecule has 0 saturated carbocycles. The molecule has 0 unspecified atom stereocenters. The third-order valence-corrected chi connectivity index (χ3v) is 5.67. The van der Waals surface area contributed by atoms with Crippen molar-refractivity contribution >= 4 is 15.7 Å². The molecule has 20 heavy (non-hydrogen) atoms. The van der Waals surface area contributed by atoms with Crippen molar-refractivity contribution < 1.29 is 8.42 Å². The average Bonchev–Trinajstić information content (AvgIpc) is 2.46. The van der Waals surface area contributed by atoms with Crippen molar-refractivity contribution in [1.82, 2.24) is 4.90 Å². The minimum Gasteiger partial charge on any atom is -0.302 e. The molecule has 0 N–H and O–H groups in total. The second kappa shape index (κ2) is 6.59.